The van der Waals surface area contributed by atoms with Gasteiger partial charge in [0.15, 0.2) is 0 Å². The molecule has 2 rings (SSSR count). The van der Waals surface area contributed by atoms with Crippen molar-refractivity contribution in [3.05, 3.63) is 30.1 Å². The molecule has 7 heteroatoms. The topological polar surface area (TPSA) is 60.9 Å². The van der Waals surface area contributed by atoms with Crippen molar-refractivity contribution in [3.8, 4) is 0 Å². The fraction of sp³-hybridized carbons (Fsp3) is 0.571. The van der Waals surface area contributed by atoms with Gasteiger partial charge in [-0.1, -0.05) is 0 Å². The minimum Gasteiger partial charge on any atom is -0.396 e. The maximum atomic E-state index is 13.0. The number of anilines is 1. The third-order valence-corrected chi connectivity index (χ3v) is 5.88. The summed E-state index contributed by atoms with van der Waals surface area (Å²) in [5.41, 5.74) is 0.461. The van der Waals surface area contributed by atoms with Gasteiger partial charge in [-0.2, -0.15) is 12.7 Å². The summed E-state index contributed by atoms with van der Waals surface area (Å²) in [5.74, 6) is -0.215. The van der Waals surface area contributed by atoms with E-state index in [-0.39, 0.29) is 19.1 Å². The van der Waals surface area contributed by atoms with E-state index in [0.717, 1.165) is 0 Å². The van der Waals surface area contributed by atoms with Crippen molar-refractivity contribution in [2.75, 3.05) is 30.5 Å². The van der Waals surface area contributed by atoms with E-state index in [1.165, 1.54) is 32.9 Å². The largest absolute Gasteiger partial charge is 0.396 e. The Hall–Kier alpha value is -1.18. The van der Waals surface area contributed by atoms with Crippen molar-refractivity contribution >= 4 is 15.9 Å². The highest BCUT2D eigenvalue weighted by Gasteiger charge is 2.32. The van der Waals surface area contributed by atoms with Gasteiger partial charge in [0.05, 0.1) is 5.69 Å². The second-order valence-corrected chi connectivity index (χ2v) is 7.03. The molecule has 0 aliphatic carbocycles. The molecule has 0 bridgehead atoms. The Morgan fingerprint density at radius 2 is 1.86 bits per heavy atom. The number of piperidine rings is 1. The van der Waals surface area contributed by atoms with Gasteiger partial charge in [-0.05, 0) is 49.9 Å². The summed E-state index contributed by atoms with van der Waals surface area (Å²) >= 11 is 0. The molecule has 5 nitrogen and oxygen atoms in total. The molecule has 0 radical (unpaired) electrons. The Labute approximate surface area is 125 Å². The first-order valence-corrected chi connectivity index (χ1v) is 8.53. The number of hydrogen-bond donors (Lipinski definition) is 1. The zero-order chi connectivity index (χ0) is 15.5. The minimum atomic E-state index is -3.61. The van der Waals surface area contributed by atoms with Gasteiger partial charge < -0.3 is 5.11 Å². The predicted octanol–water partition coefficient (Wildman–Crippen LogP) is 1.60. The lowest BCUT2D eigenvalue weighted by Crippen LogP contribution is -2.47. The van der Waals surface area contributed by atoms with Crippen LogP contribution in [0.4, 0.5) is 10.1 Å². The maximum Gasteiger partial charge on any atom is 0.304 e. The van der Waals surface area contributed by atoms with Gasteiger partial charge in [0, 0.05) is 26.2 Å². The molecule has 1 aromatic carbocycles. The molecule has 1 aliphatic rings. The molecule has 0 unspecified atom stereocenters. The second kappa shape index (κ2) is 6.72. The van der Waals surface area contributed by atoms with Crippen LogP contribution in [0.15, 0.2) is 24.3 Å². The molecule has 1 aliphatic heterocycles. The number of aliphatic hydroxyl groups is 1. The van der Waals surface area contributed by atoms with Gasteiger partial charge in [0.1, 0.15) is 5.82 Å². The predicted molar refractivity (Wildman–Crippen MR) is 79.7 cm³/mol. The molecule has 0 spiro atoms. The van der Waals surface area contributed by atoms with Crippen molar-refractivity contribution < 1.29 is 17.9 Å². The standard InChI is InChI=1S/C14H21FN2O3S/c1-2-17(14-5-3-13(15)4-6-14)21(19,20)16-9-7-12(11-18)8-10-16/h3-6,12,18H,2,7-11H2,1H3. The third kappa shape index (κ3) is 3.53. The number of nitrogens with zero attached hydrogens (tertiary/aromatic N) is 2. The molecule has 1 aromatic rings. The number of benzene rings is 1. The molecule has 0 aromatic heterocycles. The SMILES string of the molecule is CCN(c1ccc(F)cc1)S(=O)(=O)N1CCC(CO)CC1. The van der Waals surface area contributed by atoms with Crippen molar-refractivity contribution in [2.24, 2.45) is 5.92 Å². The van der Waals surface area contributed by atoms with Crippen LogP contribution in [-0.4, -0.2) is 44.1 Å². The lowest BCUT2D eigenvalue weighted by atomic mass is 10.00. The van der Waals surface area contributed by atoms with Crippen LogP contribution >= 0.6 is 0 Å². The fourth-order valence-electron chi connectivity index (χ4n) is 2.55. The average molecular weight is 316 g/mol. The summed E-state index contributed by atoms with van der Waals surface area (Å²) in [6.45, 7) is 2.95. The molecular weight excluding hydrogens is 295 g/mol. The van der Waals surface area contributed by atoms with E-state index in [4.69, 9.17) is 5.11 Å². The van der Waals surface area contributed by atoms with Crippen molar-refractivity contribution in [3.63, 3.8) is 0 Å². The van der Waals surface area contributed by atoms with Crippen molar-refractivity contribution in [2.45, 2.75) is 19.8 Å². The van der Waals surface area contributed by atoms with E-state index in [1.54, 1.807) is 6.92 Å². The number of halogens is 1. The highest BCUT2D eigenvalue weighted by Crippen LogP contribution is 2.25. The Kier molecular flexibility index (Phi) is 5.18. The molecule has 1 fully saturated rings. The van der Waals surface area contributed by atoms with Crippen LogP contribution in [-0.2, 0) is 10.2 Å². The number of hydrogen-bond acceptors (Lipinski definition) is 3. The normalized spacial score (nSPS) is 17.9. The quantitative estimate of drug-likeness (QED) is 0.897. The lowest BCUT2D eigenvalue weighted by Gasteiger charge is -2.34. The Balaban J connectivity index is 2.18. The summed E-state index contributed by atoms with van der Waals surface area (Å²) in [6, 6.07) is 5.45. The fourth-order valence-corrected chi connectivity index (χ4v) is 4.21. The van der Waals surface area contributed by atoms with Crippen LogP contribution in [0.5, 0.6) is 0 Å². The summed E-state index contributed by atoms with van der Waals surface area (Å²) in [4.78, 5) is 0. The van der Waals surface area contributed by atoms with Crippen LogP contribution in [0.2, 0.25) is 0 Å². The first kappa shape index (κ1) is 16.2. The van der Waals surface area contributed by atoms with Gasteiger partial charge in [-0.15, -0.1) is 0 Å². The summed E-state index contributed by atoms with van der Waals surface area (Å²) in [7, 11) is -3.61. The lowest BCUT2D eigenvalue weighted by molar-refractivity contribution is 0.170. The third-order valence-electron chi connectivity index (χ3n) is 3.84. The minimum absolute atomic E-state index is 0.101. The number of rotatable bonds is 5. The second-order valence-electron chi connectivity index (χ2n) is 5.17. The van der Waals surface area contributed by atoms with Crippen molar-refractivity contribution in [1.82, 2.24) is 4.31 Å². The molecule has 0 amide bonds. The van der Waals surface area contributed by atoms with E-state index in [2.05, 4.69) is 0 Å². The van der Waals surface area contributed by atoms with E-state index in [9.17, 15) is 12.8 Å². The van der Waals surface area contributed by atoms with Gasteiger partial charge >= 0.3 is 10.2 Å². The molecule has 1 saturated heterocycles. The zero-order valence-corrected chi connectivity index (χ0v) is 12.9. The van der Waals surface area contributed by atoms with Crippen LogP contribution in [0.3, 0.4) is 0 Å². The molecule has 1 N–H and O–H groups in total. The molecule has 0 saturated carbocycles. The highest BCUT2D eigenvalue weighted by atomic mass is 32.2. The molecular formula is C14H21FN2O3S. The van der Waals surface area contributed by atoms with Gasteiger partial charge in [-0.3, -0.25) is 4.31 Å². The monoisotopic (exact) mass is 316 g/mol. The van der Waals surface area contributed by atoms with E-state index in [1.807, 2.05) is 0 Å². The van der Waals surface area contributed by atoms with Crippen LogP contribution < -0.4 is 4.31 Å². The number of aliphatic hydroxyl groups excluding tert-OH is 1. The Bertz CT molecular complexity index is 554. The summed E-state index contributed by atoms with van der Waals surface area (Å²) in [6.07, 6.45) is 1.33. The van der Waals surface area contributed by atoms with Gasteiger partial charge in [0.2, 0.25) is 0 Å². The van der Waals surface area contributed by atoms with Crippen LogP contribution in [0.1, 0.15) is 19.8 Å². The molecule has 118 valence electrons. The Morgan fingerprint density at radius 3 is 2.33 bits per heavy atom. The molecule has 0 atom stereocenters. The van der Waals surface area contributed by atoms with Gasteiger partial charge in [-0.25, -0.2) is 4.39 Å². The zero-order valence-electron chi connectivity index (χ0n) is 12.1. The summed E-state index contributed by atoms with van der Waals surface area (Å²) in [5, 5.41) is 9.13. The van der Waals surface area contributed by atoms with E-state index in [0.29, 0.717) is 31.6 Å². The maximum absolute atomic E-state index is 13.0. The smallest absolute Gasteiger partial charge is 0.304 e. The Morgan fingerprint density at radius 1 is 1.29 bits per heavy atom. The van der Waals surface area contributed by atoms with Gasteiger partial charge in [0.25, 0.3) is 0 Å². The molecule has 1 heterocycles. The van der Waals surface area contributed by atoms with E-state index >= 15 is 0 Å². The van der Waals surface area contributed by atoms with Crippen LogP contribution in [0.25, 0.3) is 0 Å². The van der Waals surface area contributed by atoms with E-state index < -0.39 is 16.0 Å². The highest BCUT2D eigenvalue weighted by molar-refractivity contribution is 7.90. The first-order chi connectivity index (χ1) is 9.98. The summed E-state index contributed by atoms with van der Waals surface area (Å²) < 4.78 is 41.1. The molecule has 21 heavy (non-hydrogen) atoms. The van der Waals surface area contributed by atoms with Crippen molar-refractivity contribution in [1.29, 1.82) is 0 Å². The first-order valence-electron chi connectivity index (χ1n) is 7.13. The average Bonchev–Trinajstić information content (AvgIpc) is 2.50. The van der Waals surface area contributed by atoms with Crippen LogP contribution in [0, 0.1) is 11.7 Å².